The molecule has 0 aliphatic heterocycles. The van der Waals surface area contributed by atoms with Crippen LogP contribution in [-0.2, 0) is 6.42 Å². The van der Waals surface area contributed by atoms with Gasteiger partial charge in [-0.2, -0.15) is 0 Å². The molecular weight excluding hydrogens is 300 g/mol. The number of hydrogen-bond donors (Lipinski definition) is 3. The SMILES string of the molecule is Cc1ccc2cc3c4c(ccc3c3c2c1C[C@H]3O)[C@H](O)[C@@H](O)C=C4. The molecule has 24 heavy (non-hydrogen) atoms. The average molecular weight is 318 g/mol. The fourth-order valence-corrected chi connectivity index (χ4v) is 4.37. The van der Waals surface area contributed by atoms with Crippen molar-refractivity contribution in [3.8, 4) is 0 Å². The molecule has 0 spiro atoms. The van der Waals surface area contributed by atoms with Crippen molar-refractivity contribution in [2.45, 2.75) is 31.7 Å². The molecule has 3 nitrogen and oxygen atoms in total. The van der Waals surface area contributed by atoms with Crippen molar-refractivity contribution in [2.24, 2.45) is 0 Å². The highest BCUT2D eigenvalue weighted by Crippen LogP contribution is 2.45. The molecule has 0 saturated carbocycles. The van der Waals surface area contributed by atoms with Gasteiger partial charge in [-0.1, -0.05) is 36.4 Å². The van der Waals surface area contributed by atoms with Crippen LogP contribution in [0.15, 0.2) is 36.4 Å². The minimum Gasteiger partial charge on any atom is -0.388 e. The first-order valence-corrected chi connectivity index (χ1v) is 8.30. The monoisotopic (exact) mass is 318 g/mol. The molecule has 3 heteroatoms. The standard InChI is InChI=1S/C21H18O3/c1-10-2-3-11-8-16-12-6-7-17(22)21(24)14(12)5-4-13(16)20-18(23)9-15(10)19(11)20/h2-8,17-18,21-24H,9H2,1H3/t17-,18+,21-/m0/s1. The van der Waals surface area contributed by atoms with Crippen LogP contribution in [0.25, 0.3) is 27.6 Å². The Morgan fingerprint density at radius 3 is 2.67 bits per heavy atom. The summed E-state index contributed by atoms with van der Waals surface area (Å²) in [5, 5.41) is 35.2. The highest BCUT2D eigenvalue weighted by molar-refractivity contribution is 6.08. The summed E-state index contributed by atoms with van der Waals surface area (Å²) in [5.41, 5.74) is 5.13. The molecule has 0 fully saturated rings. The van der Waals surface area contributed by atoms with Gasteiger partial charge in [0.05, 0.1) is 6.10 Å². The van der Waals surface area contributed by atoms with E-state index >= 15 is 0 Å². The van der Waals surface area contributed by atoms with Crippen molar-refractivity contribution in [1.29, 1.82) is 0 Å². The molecule has 5 rings (SSSR count). The van der Waals surface area contributed by atoms with Gasteiger partial charge in [0.2, 0.25) is 0 Å². The summed E-state index contributed by atoms with van der Waals surface area (Å²) in [7, 11) is 0. The van der Waals surface area contributed by atoms with Crippen molar-refractivity contribution in [2.75, 3.05) is 0 Å². The number of fused-ring (bicyclic) bond motifs is 4. The molecule has 0 aromatic heterocycles. The van der Waals surface area contributed by atoms with E-state index in [1.54, 1.807) is 6.08 Å². The van der Waals surface area contributed by atoms with Crippen molar-refractivity contribution >= 4 is 27.6 Å². The first-order chi connectivity index (χ1) is 11.6. The lowest BCUT2D eigenvalue weighted by Gasteiger charge is -2.24. The summed E-state index contributed by atoms with van der Waals surface area (Å²) in [6.07, 6.45) is 1.90. The molecule has 3 N–H and O–H groups in total. The summed E-state index contributed by atoms with van der Waals surface area (Å²) in [6.45, 7) is 2.09. The number of rotatable bonds is 0. The number of aliphatic hydroxyl groups is 3. The molecule has 120 valence electrons. The number of aliphatic hydroxyl groups excluding tert-OH is 3. The van der Waals surface area contributed by atoms with Gasteiger partial charge in [-0.25, -0.2) is 0 Å². The van der Waals surface area contributed by atoms with Crippen LogP contribution in [0.4, 0.5) is 0 Å². The zero-order valence-electron chi connectivity index (χ0n) is 13.3. The smallest absolute Gasteiger partial charge is 0.109 e. The Hall–Kier alpha value is -2.20. The lowest BCUT2D eigenvalue weighted by atomic mass is 9.86. The summed E-state index contributed by atoms with van der Waals surface area (Å²) in [5.74, 6) is 0. The van der Waals surface area contributed by atoms with E-state index in [1.165, 1.54) is 16.5 Å². The lowest BCUT2D eigenvalue weighted by molar-refractivity contribution is 0.0471. The minimum absolute atomic E-state index is 0.492. The maximum absolute atomic E-state index is 10.7. The topological polar surface area (TPSA) is 60.7 Å². The van der Waals surface area contributed by atoms with E-state index < -0.39 is 18.3 Å². The van der Waals surface area contributed by atoms with Crippen molar-refractivity contribution < 1.29 is 15.3 Å². The van der Waals surface area contributed by atoms with Gasteiger partial charge >= 0.3 is 0 Å². The predicted octanol–water partition coefficient (Wildman–Crippen LogP) is 3.31. The first-order valence-electron chi connectivity index (χ1n) is 8.30. The van der Waals surface area contributed by atoms with Crippen LogP contribution in [-0.4, -0.2) is 21.4 Å². The predicted molar refractivity (Wildman–Crippen MR) is 94.9 cm³/mol. The van der Waals surface area contributed by atoms with Crippen molar-refractivity contribution in [1.82, 2.24) is 0 Å². The molecule has 0 heterocycles. The average Bonchev–Trinajstić information content (AvgIpc) is 2.93. The third-order valence-electron chi connectivity index (χ3n) is 5.59. The van der Waals surface area contributed by atoms with Crippen LogP contribution in [0.1, 0.15) is 40.0 Å². The Labute approximate surface area is 139 Å². The Morgan fingerprint density at radius 2 is 1.83 bits per heavy atom. The first kappa shape index (κ1) is 14.2. The van der Waals surface area contributed by atoms with E-state index in [4.69, 9.17) is 0 Å². The maximum atomic E-state index is 10.7. The van der Waals surface area contributed by atoms with Crippen LogP contribution in [0, 0.1) is 6.92 Å². The van der Waals surface area contributed by atoms with Crippen LogP contribution in [0.3, 0.4) is 0 Å². The fourth-order valence-electron chi connectivity index (χ4n) is 4.37. The summed E-state index contributed by atoms with van der Waals surface area (Å²) in [4.78, 5) is 0. The zero-order chi connectivity index (χ0) is 16.6. The van der Waals surface area contributed by atoms with Crippen LogP contribution < -0.4 is 0 Å². The second-order valence-electron chi connectivity index (χ2n) is 6.93. The second-order valence-corrected chi connectivity index (χ2v) is 6.93. The van der Waals surface area contributed by atoms with Gasteiger partial charge in [0.15, 0.2) is 0 Å². The Kier molecular flexibility index (Phi) is 2.76. The molecule has 3 aromatic rings. The highest BCUT2D eigenvalue weighted by atomic mass is 16.3. The lowest BCUT2D eigenvalue weighted by Crippen LogP contribution is -2.19. The van der Waals surface area contributed by atoms with E-state index in [9.17, 15) is 15.3 Å². The number of hydrogen-bond acceptors (Lipinski definition) is 3. The van der Waals surface area contributed by atoms with Gasteiger partial charge in [-0.15, -0.1) is 0 Å². The van der Waals surface area contributed by atoms with Crippen molar-refractivity contribution in [3.05, 3.63) is 64.2 Å². The van der Waals surface area contributed by atoms with Crippen molar-refractivity contribution in [3.63, 3.8) is 0 Å². The van der Waals surface area contributed by atoms with Gasteiger partial charge in [0.1, 0.15) is 12.2 Å². The molecule has 0 unspecified atom stereocenters. The fraction of sp³-hybridized carbons (Fsp3) is 0.238. The van der Waals surface area contributed by atoms with Gasteiger partial charge in [-0.05, 0) is 62.4 Å². The highest BCUT2D eigenvalue weighted by Gasteiger charge is 2.29. The largest absolute Gasteiger partial charge is 0.388 e. The Balaban J connectivity index is 1.95. The molecule has 0 bridgehead atoms. The molecular formula is C21H18O3. The van der Waals surface area contributed by atoms with E-state index in [0.29, 0.717) is 6.42 Å². The molecule has 3 aromatic carbocycles. The molecule has 0 amide bonds. The third kappa shape index (κ3) is 1.67. The third-order valence-corrected chi connectivity index (χ3v) is 5.59. The molecule has 2 aliphatic carbocycles. The van der Waals surface area contributed by atoms with Gasteiger partial charge < -0.3 is 15.3 Å². The molecule has 0 saturated heterocycles. The Morgan fingerprint density at radius 1 is 1.00 bits per heavy atom. The number of aryl methyl sites for hydroxylation is 1. The van der Waals surface area contributed by atoms with Crippen LogP contribution >= 0.6 is 0 Å². The van der Waals surface area contributed by atoms with E-state index in [2.05, 4.69) is 25.1 Å². The van der Waals surface area contributed by atoms with E-state index in [-0.39, 0.29) is 0 Å². The van der Waals surface area contributed by atoms with Gasteiger partial charge in [0, 0.05) is 6.42 Å². The second kappa shape index (κ2) is 4.67. The summed E-state index contributed by atoms with van der Waals surface area (Å²) >= 11 is 0. The molecule has 2 aliphatic rings. The van der Waals surface area contributed by atoms with E-state index in [1.807, 2.05) is 18.2 Å². The Bertz CT molecular complexity index is 1050. The quantitative estimate of drug-likeness (QED) is 0.557. The maximum Gasteiger partial charge on any atom is 0.109 e. The minimum atomic E-state index is -0.905. The van der Waals surface area contributed by atoms with Crippen LogP contribution in [0.2, 0.25) is 0 Å². The molecule has 3 atom stereocenters. The normalized spacial score (nSPS) is 24.8. The van der Waals surface area contributed by atoms with E-state index in [0.717, 1.165) is 32.8 Å². The number of benzene rings is 3. The van der Waals surface area contributed by atoms with Crippen LogP contribution in [0.5, 0.6) is 0 Å². The van der Waals surface area contributed by atoms with Gasteiger partial charge in [0.25, 0.3) is 0 Å². The van der Waals surface area contributed by atoms with Gasteiger partial charge in [-0.3, -0.25) is 0 Å². The molecule has 0 radical (unpaired) electrons. The summed E-state index contributed by atoms with van der Waals surface area (Å²) < 4.78 is 0. The summed E-state index contributed by atoms with van der Waals surface area (Å²) in [6, 6.07) is 10.2. The zero-order valence-corrected chi connectivity index (χ0v) is 13.3.